The number of aliphatic hydroxyl groups is 1. The molecule has 0 saturated heterocycles. The molecular formula is C29H27NO5. The van der Waals surface area contributed by atoms with Crippen molar-refractivity contribution in [2.75, 3.05) is 4.90 Å². The molecule has 6 heteroatoms. The van der Waals surface area contributed by atoms with Gasteiger partial charge < -0.3 is 9.84 Å². The molecule has 1 amide bonds. The first kappa shape index (κ1) is 24.0. The Morgan fingerprint density at radius 2 is 1.57 bits per heavy atom. The number of carbonyl (C=O) groups excluding carboxylic acids is 3. The number of carbonyl (C=O) groups is 3. The number of ether oxygens (including phenoxy) is 1. The van der Waals surface area contributed by atoms with Gasteiger partial charge in [0.1, 0.15) is 5.75 Å². The summed E-state index contributed by atoms with van der Waals surface area (Å²) >= 11 is 0. The van der Waals surface area contributed by atoms with E-state index < -0.39 is 23.7 Å². The van der Waals surface area contributed by atoms with Gasteiger partial charge in [0.05, 0.1) is 11.6 Å². The Balaban J connectivity index is 1.71. The van der Waals surface area contributed by atoms with Crippen LogP contribution in [0.3, 0.4) is 0 Å². The molecule has 0 fully saturated rings. The Bertz CT molecular complexity index is 1260. The van der Waals surface area contributed by atoms with Gasteiger partial charge in [-0.2, -0.15) is 0 Å². The number of Topliss-reactive ketones (excluding diaryl/α,β-unsaturated/α-hetero) is 1. The molecule has 1 N–H and O–H groups in total. The van der Waals surface area contributed by atoms with Crippen molar-refractivity contribution in [2.45, 2.75) is 39.2 Å². The Hall–Kier alpha value is -4.19. The molecule has 178 valence electrons. The van der Waals surface area contributed by atoms with E-state index in [-0.39, 0.29) is 17.8 Å². The summed E-state index contributed by atoms with van der Waals surface area (Å²) in [6, 6.07) is 22.9. The van der Waals surface area contributed by atoms with E-state index in [0.29, 0.717) is 23.4 Å². The van der Waals surface area contributed by atoms with Gasteiger partial charge in [-0.15, -0.1) is 0 Å². The maximum Gasteiger partial charge on any atom is 0.308 e. The number of aliphatic hydroxyl groups excluding tert-OH is 1. The van der Waals surface area contributed by atoms with E-state index in [4.69, 9.17) is 4.74 Å². The van der Waals surface area contributed by atoms with E-state index in [9.17, 15) is 19.5 Å². The summed E-state index contributed by atoms with van der Waals surface area (Å²) in [4.78, 5) is 39.4. The van der Waals surface area contributed by atoms with E-state index in [0.717, 1.165) is 17.5 Å². The summed E-state index contributed by atoms with van der Waals surface area (Å²) in [5.74, 6) is -1.53. The number of esters is 1. The van der Waals surface area contributed by atoms with Gasteiger partial charge in [-0.1, -0.05) is 61.5 Å². The van der Waals surface area contributed by atoms with Gasteiger partial charge in [0.2, 0.25) is 0 Å². The van der Waals surface area contributed by atoms with E-state index in [1.165, 1.54) is 11.8 Å². The van der Waals surface area contributed by atoms with Crippen LogP contribution in [0, 0.1) is 0 Å². The number of nitrogens with zero attached hydrogens (tertiary/aromatic N) is 1. The number of hydrogen-bond acceptors (Lipinski definition) is 5. The maximum absolute atomic E-state index is 13.4. The van der Waals surface area contributed by atoms with Crippen molar-refractivity contribution >= 4 is 23.3 Å². The summed E-state index contributed by atoms with van der Waals surface area (Å²) in [5.41, 5.74) is 3.39. The quantitative estimate of drug-likeness (QED) is 0.359. The van der Waals surface area contributed by atoms with Gasteiger partial charge >= 0.3 is 5.97 Å². The third-order valence-electron chi connectivity index (χ3n) is 6.07. The highest BCUT2D eigenvalue weighted by Gasteiger charge is 2.44. The van der Waals surface area contributed by atoms with Crippen LogP contribution in [0.2, 0.25) is 0 Å². The molecule has 0 spiro atoms. The number of amides is 1. The molecule has 0 radical (unpaired) electrons. The molecule has 0 bridgehead atoms. The predicted molar refractivity (Wildman–Crippen MR) is 133 cm³/mol. The van der Waals surface area contributed by atoms with Crippen LogP contribution < -0.4 is 9.64 Å². The van der Waals surface area contributed by atoms with Gasteiger partial charge in [0, 0.05) is 19.0 Å². The minimum atomic E-state index is -0.801. The zero-order valence-corrected chi connectivity index (χ0v) is 19.7. The molecule has 0 aliphatic carbocycles. The summed E-state index contributed by atoms with van der Waals surface area (Å²) < 4.78 is 5.13. The topological polar surface area (TPSA) is 83.9 Å². The second kappa shape index (κ2) is 10.4. The Labute approximate surface area is 204 Å². The van der Waals surface area contributed by atoms with E-state index in [1.54, 1.807) is 24.3 Å². The predicted octanol–water partition coefficient (Wildman–Crippen LogP) is 5.28. The standard InChI is InChI=1S/C29H27NO5/c1-3-20-9-14-23(15-10-20)30-27(22-12-16-24(17-13-22)35-19(2)31)26(28(33)29(30)34)25(32)18-11-21-7-5-4-6-8-21/h4-10,12-17,27,33H,3,11,18H2,1-2H3. The second-order valence-electron chi connectivity index (χ2n) is 8.43. The van der Waals surface area contributed by atoms with Crippen LogP contribution in [0.15, 0.2) is 90.2 Å². The van der Waals surface area contributed by atoms with Crippen molar-refractivity contribution < 1.29 is 24.2 Å². The van der Waals surface area contributed by atoms with Crippen LogP contribution >= 0.6 is 0 Å². The van der Waals surface area contributed by atoms with Crippen LogP contribution in [0.5, 0.6) is 5.75 Å². The number of anilines is 1. The van der Waals surface area contributed by atoms with E-state index in [2.05, 4.69) is 0 Å². The molecule has 1 aliphatic rings. The van der Waals surface area contributed by atoms with Crippen LogP contribution in [0.1, 0.15) is 43.0 Å². The van der Waals surface area contributed by atoms with Gasteiger partial charge in [0.15, 0.2) is 11.5 Å². The van der Waals surface area contributed by atoms with Crippen LogP contribution in [0.25, 0.3) is 0 Å². The van der Waals surface area contributed by atoms with E-state index in [1.807, 2.05) is 61.5 Å². The van der Waals surface area contributed by atoms with Crippen LogP contribution in [-0.4, -0.2) is 22.8 Å². The molecule has 0 saturated carbocycles. The van der Waals surface area contributed by atoms with Gasteiger partial charge in [-0.05, 0) is 53.8 Å². The van der Waals surface area contributed by atoms with Crippen molar-refractivity contribution in [3.8, 4) is 5.75 Å². The zero-order chi connectivity index (χ0) is 24.9. The van der Waals surface area contributed by atoms with Gasteiger partial charge in [-0.3, -0.25) is 19.3 Å². The lowest BCUT2D eigenvalue weighted by atomic mass is 9.93. The molecule has 3 aromatic rings. The molecule has 4 rings (SSSR count). The van der Waals surface area contributed by atoms with Crippen LogP contribution in [-0.2, 0) is 27.2 Å². The lowest BCUT2D eigenvalue weighted by Crippen LogP contribution is -2.31. The average molecular weight is 470 g/mol. The molecule has 1 atom stereocenters. The fourth-order valence-corrected chi connectivity index (χ4v) is 4.29. The smallest absolute Gasteiger partial charge is 0.308 e. The zero-order valence-electron chi connectivity index (χ0n) is 19.7. The molecular weight excluding hydrogens is 442 g/mol. The van der Waals surface area contributed by atoms with Crippen molar-refractivity contribution in [1.29, 1.82) is 0 Å². The fraction of sp³-hybridized carbons (Fsp3) is 0.207. The average Bonchev–Trinajstić information content (AvgIpc) is 3.13. The minimum Gasteiger partial charge on any atom is -0.503 e. The van der Waals surface area contributed by atoms with Crippen molar-refractivity contribution in [1.82, 2.24) is 0 Å². The molecule has 1 heterocycles. The first-order chi connectivity index (χ1) is 16.9. The normalized spacial score (nSPS) is 15.4. The molecule has 6 nitrogen and oxygen atoms in total. The first-order valence-corrected chi connectivity index (χ1v) is 11.6. The molecule has 3 aromatic carbocycles. The third-order valence-corrected chi connectivity index (χ3v) is 6.07. The second-order valence-corrected chi connectivity index (χ2v) is 8.43. The Kier molecular flexibility index (Phi) is 7.11. The monoisotopic (exact) mass is 469 g/mol. The minimum absolute atomic E-state index is 0.0748. The number of ketones is 1. The van der Waals surface area contributed by atoms with Crippen molar-refractivity contribution in [3.05, 3.63) is 107 Å². The fourth-order valence-electron chi connectivity index (χ4n) is 4.29. The van der Waals surface area contributed by atoms with Crippen LogP contribution in [0.4, 0.5) is 5.69 Å². The number of aryl methyl sites for hydroxylation is 2. The van der Waals surface area contributed by atoms with Crippen molar-refractivity contribution in [2.24, 2.45) is 0 Å². The summed E-state index contributed by atoms with van der Waals surface area (Å²) in [6.07, 6.45) is 1.50. The maximum atomic E-state index is 13.4. The van der Waals surface area contributed by atoms with Gasteiger partial charge in [0.25, 0.3) is 5.91 Å². The highest BCUT2D eigenvalue weighted by Crippen LogP contribution is 2.42. The number of rotatable bonds is 8. The highest BCUT2D eigenvalue weighted by molar-refractivity contribution is 6.16. The molecule has 1 unspecified atom stereocenters. The summed E-state index contributed by atoms with van der Waals surface area (Å²) in [5, 5.41) is 10.9. The lowest BCUT2D eigenvalue weighted by Gasteiger charge is -2.27. The summed E-state index contributed by atoms with van der Waals surface area (Å²) in [7, 11) is 0. The number of benzene rings is 3. The Morgan fingerprint density at radius 1 is 0.914 bits per heavy atom. The van der Waals surface area contributed by atoms with Crippen molar-refractivity contribution in [3.63, 3.8) is 0 Å². The number of hydrogen-bond donors (Lipinski definition) is 1. The molecule has 1 aliphatic heterocycles. The van der Waals surface area contributed by atoms with E-state index >= 15 is 0 Å². The SMILES string of the molecule is CCc1ccc(N2C(=O)C(O)=C(C(=O)CCc3ccccc3)C2c2ccc(OC(C)=O)cc2)cc1. The lowest BCUT2D eigenvalue weighted by molar-refractivity contribution is -0.131. The highest BCUT2D eigenvalue weighted by atomic mass is 16.5. The third kappa shape index (κ3) is 5.17. The molecule has 35 heavy (non-hydrogen) atoms. The first-order valence-electron chi connectivity index (χ1n) is 11.6. The Morgan fingerprint density at radius 3 is 2.17 bits per heavy atom. The van der Waals surface area contributed by atoms with Gasteiger partial charge in [-0.25, -0.2) is 0 Å². The largest absolute Gasteiger partial charge is 0.503 e. The summed E-state index contributed by atoms with van der Waals surface area (Å²) in [6.45, 7) is 3.36. The molecule has 0 aromatic heterocycles.